The summed E-state index contributed by atoms with van der Waals surface area (Å²) in [4.78, 5) is 14.3. The molecule has 0 fully saturated rings. The van der Waals surface area contributed by atoms with E-state index in [0.717, 1.165) is 0 Å². The van der Waals surface area contributed by atoms with Crippen LogP contribution in [0.25, 0.3) is 10.9 Å². The highest BCUT2D eigenvalue weighted by molar-refractivity contribution is 5.88. The lowest BCUT2D eigenvalue weighted by Gasteiger charge is -2.02. The largest absolute Gasteiger partial charge is 0.496 e. The van der Waals surface area contributed by atoms with Crippen LogP contribution in [0.5, 0.6) is 5.75 Å². The van der Waals surface area contributed by atoms with Gasteiger partial charge in [0.05, 0.1) is 18.1 Å². The van der Waals surface area contributed by atoms with Crippen molar-refractivity contribution in [1.82, 2.24) is 4.98 Å². The lowest BCUT2D eigenvalue weighted by molar-refractivity contribution is -0.383. The molecular weight excluding hydrogens is 220 g/mol. The van der Waals surface area contributed by atoms with Crippen LogP contribution >= 0.6 is 0 Å². The average Bonchev–Trinajstić information content (AvgIpc) is 2.39. The molecule has 0 aliphatic carbocycles. The smallest absolute Gasteiger partial charge is 0.299 e. The van der Waals surface area contributed by atoms with Crippen LogP contribution < -0.4 is 4.74 Å². The monoisotopic (exact) mass is 234 g/mol. The molecule has 0 N–H and O–H groups in total. The molecule has 0 bridgehead atoms. The first-order chi connectivity index (χ1) is 8.22. The third kappa shape index (κ3) is 2.69. The van der Waals surface area contributed by atoms with Crippen molar-refractivity contribution in [3.63, 3.8) is 0 Å². The second-order valence-electron chi connectivity index (χ2n) is 2.98. The predicted molar refractivity (Wildman–Crippen MR) is 66.3 cm³/mol. The number of ether oxygens (including phenoxy) is 1. The highest BCUT2D eigenvalue weighted by Gasteiger charge is 2.14. The molecule has 1 heterocycles. The van der Waals surface area contributed by atoms with Crippen molar-refractivity contribution >= 4 is 16.6 Å². The average molecular weight is 234 g/mol. The maximum absolute atomic E-state index is 10.8. The first-order valence-corrected chi connectivity index (χ1v) is 5.29. The van der Waals surface area contributed by atoms with Gasteiger partial charge in [0.15, 0.2) is 0 Å². The number of hydrogen-bond donors (Lipinski definition) is 0. The van der Waals surface area contributed by atoms with Gasteiger partial charge in [0, 0.05) is 11.6 Å². The third-order valence-electron chi connectivity index (χ3n) is 2.09. The number of nitro benzene ring substituents is 1. The van der Waals surface area contributed by atoms with Gasteiger partial charge in [-0.15, -0.1) is 0 Å². The van der Waals surface area contributed by atoms with E-state index in [1.54, 1.807) is 18.2 Å². The van der Waals surface area contributed by atoms with Gasteiger partial charge >= 0.3 is 0 Å². The zero-order chi connectivity index (χ0) is 12.8. The molecule has 2 aromatic rings. The molecule has 2 rings (SSSR count). The number of hydrogen-bond acceptors (Lipinski definition) is 4. The summed E-state index contributed by atoms with van der Waals surface area (Å²) in [5.74, 6) is 0.460. The van der Waals surface area contributed by atoms with E-state index in [-0.39, 0.29) is 5.69 Å². The van der Waals surface area contributed by atoms with Gasteiger partial charge in [0.2, 0.25) is 0 Å². The molecule has 5 nitrogen and oxygen atoms in total. The van der Waals surface area contributed by atoms with Crippen molar-refractivity contribution in [3.05, 3.63) is 40.6 Å². The molecule has 90 valence electrons. The van der Waals surface area contributed by atoms with Crippen molar-refractivity contribution in [2.24, 2.45) is 0 Å². The van der Waals surface area contributed by atoms with E-state index in [1.165, 1.54) is 19.4 Å². The van der Waals surface area contributed by atoms with Gasteiger partial charge < -0.3 is 4.74 Å². The van der Waals surface area contributed by atoms with E-state index in [1.807, 2.05) is 13.8 Å². The normalized spacial score (nSPS) is 9.35. The van der Waals surface area contributed by atoms with Gasteiger partial charge in [-0.05, 0) is 12.1 Å². The first kappa shape index (κ1) is 12.9. The Morgan fingerprint density at radius 1 is 1.35 bits per heavy atom. The molecule has 0 unspecified atom stereocenters. The number of pyridine rings is 1. The van der Waals surface area contributed by atoms with Crippen LogP contribution in [0.15, 0.2) is 30.5 Å². The topological polar surface area (TPSA) is 65.3 Å². The number of fused-ring (bicyclic) bond motifs is 1. The van der Waals surface area contributed by atoms with Crippen LogP contribution in [0.3, 0.4) is 0 Å². The Bertz CT molecular complexity index is 526. The molecule has 0 amide bonds. The van der Waals surface area contributed by atoms with E-state index in [2.05, 4.69) is 4.98 Å². The molecule has 0 saturated carbocycles. The Morgan fingerprint density at radius 2 is 2.06 bits per heavy atom. The van der Waals surface area contributed by atoms with Crippen LogP contribution in [0.1, 0.15) is 13.8 Å². The number of benzene rings is 1. The van der Waals surface area contributed by atoms with Crippen molar-refractivity contribution in [2.75, 3.05) is 7.11 Å². The molecule has 0 atom stereocenters. The summed E-state index contributed by atoms with van der Waals surface area (Å²) >= 11 is 0. The van der Waals surface area contributed by atoms with Crippen LogP contribution in [0.2, 0.25) is 0 Å². The summed E-state index contributed by atoms with van der Waals surface area (Å²) in [6, 6.07) is 6.58. The highest BCUT2D eigenvalue weighted by atomic mass is 16.6. The molecule has 0 radical (unpaired) electrons. The van der Waals surface area contributed by atoms with E-state index in [9.17, 15) is 10.1 Å². The lowest BCUT2D eigenvalue weighted by atomic mass is 10.2. The Kier molecular flexibility index (Phi) is 4.39. The van der Waals surface area contributed by atoms with E-state index in [0.29, 0.717) is 16.7 Å². The molecule has 1 aromatic carbocycles. The first-order valence-electron chi connectivity index (χ1n) is 5.29. The van der Waals surface area contributed by atoms with E-state index >= 15 is 0 Å². The van der Waals surface area contributed by atoms with Crippen molar-refractivity contribution in [3.8, 4) is 5.75 Å². The SMILES string of the molecule is CC.COc1cc([N+](=O)[O-])c2ncccc2c1. The van der Waals surface area contributed by atoms with Gasteiger partial charge in [-0.25, -0.2) is 4.98 Å². The molecule has 5 heteroatoms. The number of nitro groups is 1. The summed E-state index contributed by atoms with van der Waals surface area (Å²) in [5, 5.41) is 11.5. The highest BCUT2D eigenvalue weighted by Crippen LogP contribution is 2.28. The molecule has 0 saturated heterocycles. The zero-order valence-electron chi connectivity index (χ0n) is 10.0. The Morgan fingerprint density at radius 3 is 2.65 bits per heavy atom. The maximum Gasteiger partial charge on any atom is 0.299 e. The minimum atomic E-state index is -0.460. The van der Waals surface area contributed by atoms with Crippen LogP contribution in [-0.4, -0.2) is 17.0 Å². The summed E-state index contributed by atoms with van der Waals surface area (Å²) in [5.41, 5.74) is 0.341. The molecule has 0 aliphatic rings. The summed E-state index contributed by atoms with van der Waals surface area (Å²) in [7, 11) is 1.47. The van der Waals surface area contributed by atoms with Crippen LogP contribution in [0.4, 0.5) is 5.69 Å². The fourth-order valence-corrected chi connectivity index (χ4v) is 1.40. The molecule has 0 spiro atoms. The molecular formula is C12H14N2O3. The number of methoxy groups -OCH3 is 1. The zero-order valence-corrected chi connectivity index (χ0v) is 10.0. The van der Waals surface area contributed by atoms with Gasteiger partial charge in [-0.3, -0.25) is 10.1 Å². The Balaban J connectivity index is 0.000000686. The summed E-state index contributed by atoms with van der Waals surface area (Å²) < 4.78 is 4.98. The third-order valence-corrected chi connectivity index (χ3v) is 2.09. The Hall–Kier alpha value is -2.17. The summed E-state index contributed by atoms with van der Waals surface area (Å²) in [6.45, 7) is 4.00. The second kappa shape index (κ2) is 5.79. The Labute approximate surface area is 99.2 Å². The molecule has 0 aliphatic heterocycles. The number of nitrogens with zero attached hydrogens (tertiary/aromatic N) is 2. The predicted octanol–water partition coefficient (Wildman–Crippen LogP) is 3.18. The quantitative estimate of drug-likeness (QED) is 0.591. The van der Waals surface area contributed by atoms with Crippen LogP contribution in [0, 0.1) is 10.1 Å². The maximum atomic E-state index is 10.8. The van der Waals surface area contributed by atoms with Gasteiger partial charge in [0.25, 0.3) is 5.69 Å². The molecule has 17 heavy (non-hydrogen) atoms. The minimum Gasteiger partial charge on any atom is -0.496 e. The van der Waals surface area contributed by atoms with Gasteiger partial charge in [-0.2, -0.15) is 0 Å². The van der Waals surface area contributed by atoms with Crippen molar-refractivity contribution in [1.29, 1.82) is 0 Å². The standard InChI is InChI=1S/C10H8N2O3.C2H6/c1-15-8-5-7-3-2-4-11-10(7)9(6-8)12(13)14;1-2/h2-6H,1H3;1-2H3. The van der Waals surface area contributed by atoms with Crippen LogP contribution in [-0.2, 0) is 0 Å². The number of rotatable bonds is 2. The van der Waals surface area contributed by atoms with Crippen molar-refractivity contribution < 1.29 is 9.66 Å². The molecule has 1 aromatic heterocycles. The van der Waals surface area contributed by atoms with Gasteiger partial charge in [0.1, 0.15) is 11.3 Å². The fourth-order valence-electron chi connectivity index (χ4n) is 1.40. The van der Waals surface area contributed by atoms with E-state index < -0.39 is 4.92 Å². The van der Waals surface area contributed by atoms with E-state index in [4.69, 9.17) is 4.74 Å². The van der Waals surface area contributed by atoms with Crippen molar-refractivity contribution in [2.45, 2.75) is 13.8 Å². The lowest BCUT2D eigenvalue weighted by Crippen LogP contribution is -1.93. The number of aromatic nitrogens is 1. The minimum absolute atomic E-state index is 0.0371. The second-order valence-corrected chi connectivity index (χ2v) is 2.98. The summed E-state index contributed by atoms with van der Waals surface area (Å²) in [6.07, 6.45) is 1.53. The number of non-ortho nitro benzene ring substituents is 1. The van der Waals surface area contributed by atoms with Gasteiger partial charge in [-0.1, -0.05) is 19.9 Å². The fraction of sp³-hybridized carbons (Fsp3) is 0.250.